The molecule has 0 bridgehead atoms. The van der Waals surface area contributed by atoms with Crippen molar-refractivity contribution in [3.63, 3.8) is 0 Å². The Morgan fingerprint density at radius 2 is 2.20 bits per heavy atom. The van der Waals surface area contributed by atoms with E-state index in [1.807, 2.05) is 31.2 Å². The van der Waals surface area contributed by atoms with Gasteiger partial charge in [-0.3, -0.25) is 4.79 Å². The van der Waals surface area contributed by atoms with Gasteiger partial charge in [-0.15, -0.1) is 0 Å². The quantitative estimate of drug-likeness (QED) is 0.782. The third-order valence-electron chi connectivity index (χ3n) is 2.44. The Hall–Kier alpha value is -1.68. The highest BCUT2D eigenvalue weighted by molar-refractivity contribution is 6.08. The molecule has 4 nitrogen and oxygen atoms in total. The number of benzene rings is 1. The van der Waals surface area contributed by atoms with Gasteiger partial charge >= 0.3 is 0 Å². The standard InChI is InChI=1S/C11H13N3O/c1-8-7-13-14(11(8)15)10-5-3-2-4-9(10)6-12/h2-5,7-8H,6,12H2,1H3. The zero-order valence-electron chi connectivity index (χ0n) is 8.55. The molecule has 0 aliphatic carbocycles. The predicted octanol–water partition coefficient (Wildman–Crippen LogP) is 1.11. The van der Waals surface area contributed by atoms with Crippen molar-refractivity contribution >= 4 is 17.8 Å². The van der Waals surface area contributed by atoms with E-state index in [2.05, 4.69) is 5.10 Å². The van der Waals surface area contributed by atoms with Crippen molar-refractivity contribution in [1.82, 2.24) is 0 Å². The van der Waals surface area contributed by atoms with Gasteiger partial charge in [0.05, 0.1) is 11.6 Å². The third-order valence-corrected chi connectivity index (χ3v) is 2.44. The number of hydrazone groups is 1. The number of nitrogens with two attached hydrogens (primary N) is 1. The summed E-state index contributed by atoms with van der Waals surface area (Å²) in [4.78, 5) is 11.7. The highest BCUT2D eigenvalue weighted by atomic mass is 16.2. The smallest absolute Gasteiger partial charge is 0.255 e. The summed E-state index contributed by atoms with van der Waals surface area (Å²) in [5.74, 6) is -0.147. The molecule has 0 radical (unpaired) electrons. The normalized spacial score (nSPS) is 20.0. The molecule has 2 N–H and O–H groups in total. The fourth-order valence-electron chi connectivity index (χ4n) is 1.55. The van der Waals surface area contributed by atoms with Gasteiger partial charge in [0.2, 0.25) is 0 Å². The molecule has 1 unspecified atom stereocenters. The molecule has 1 amide bonds. The monoisotopic (exact) mass is 203 g/mol. The molecule has 0 fully saturated rings. The van der Waals surface area contributed by atoms with Crippen LogP contribution in [-0.2, 0) is 11.3 Å². The molecular weight excluding hydrogens is 190 g/mol. The zero-order valence-corrected chi connectivity index (χ0v) is 8.55. The molecule has 1 aliphatic heterocycles. The molecule has 1 heterocycles. The Balaban J connectivity index is 2.38. The molecule has 4 heteroatoms. The molecule has 2 rings (SSSR count). The molecule has 15 heavy (non-hydrogen) atoms. The average Bonchev–Trinajstić information content (AvgIpc) is 2.60. The van der Waals surface area contributed by atoms with Crippen LogP contribution in [0, 0.1) is 5.92 Å². The summed E-state index contributed by atoms with van der Waals surface area (Å²) in [6, 6.07) is 7.54. The van der Waals surface area contributed by atoms with Gasteiger partial charge in [0, 0.05) is 12.8 Å². The van der Waals surface area contributed by atoms with Crippen LogP contribution in [0.25, 0.3) is 0 Å². The van der Waals surface area contributed by atoms with Crippen LogP contribution in [0.3, 0.4) is 0 Å². The molecule has 78 valence electrons. The minimum absolute atomic E-state index is 0.00380. The number of amides is 1. The summed E-state index contributed by atoms with van der Waals surface area (Å²) in [5, 5.41) is 5.50. The first-order valence-corrected chi connectivity index (χ1v) is 4.90. The van der Waals surface area contributed by atoms with Gasteiger partial charge in [0.1, 0.15) is 0 Å². The fraction of sp³-hybridized carbons (Fsp3) is 0.273. The predicted molar refractivity (Wildman–Crippen MR) is 59.5 cm³/mol. The second kappa shape index (κ2) is 3.82. The van der Waals surface area contributed by atoms with E-state index in [0.717, 1.165) is 11.3 Å². The van der Waals surface area contributed by atoms with E-state index in [0.29, 0.717) is 6.54 Å². The molecule has 0 aromatic heterocycles. The summed E-state index contributed by atoms with van der Waals surface area (Å²) >= 11 is 0. The van der Waals surface area contributed by atoms with E-state index in [1.165, 1.54) is 5.01 Å². The van der Waals surface area contributed by atoms with E-state index in [1.54, 1.807) is 6.21 Å². The maximum absolute atomic E-state index is 11.7. The Morgan fingerprint density at radius 3 is 2.80 bits per heavy atom. The van der Waals surface area contributed by atoms with E-state index in [9.17, 15) is 4.79 Å². The summed E-state index contributed by atoms with van der Waals surface area (Å²) < 4.78 is 0. The van der Waals surface area contributed by atoms with Crippen LogP contribution in [0.5, 0.6) is 0 Å². The van der Waals surface area contributed by atoms with Crippen LogP contribution in [0.1, 0.15) is 12.5 Å². The molecule has 0 saturated heterocycles. The zero-order chi connectivity index (χ0) is 10.8. The Morgan fingerprint density at radius 1 is 1.47 bits per heavy atom. The van der Waals surface area contributed by atoms with Crippen LogP contribution in [0.2, 0.25) is 0 Å². The second-order valence-electron chi connectivity index (χ2n) is 3.54. The molecule has 1 aromatic rings. The Kier molecular flexibility index (Phi) is 2.51. The topological polar surface area (TPSA) is 58.7 Å². The van der Waals surface area contributed by atoms with Crippen LogP contribution < -0.4 is 10.7 Å². The van der Waals surface area contributed by atoms with Crippen molar-refractivity contribution < 1.29 is 4.79 Å². The number of carbonyl (C=O) groups is 1. The van der Waals surface area contributed by atoms with Crippen LogP contribution in [-0.4, -0.2) is 12.1 Å². The van der Waals surface area contributed by atoms with Crippen LogP contribution >= 0.6 is 0 Å². The second-order valence-corrected chi connectivity index (χ2v) is 3.54. The lowest BCUT2D eigenvalue weighted by molar-refractivity contribution is -0.119. The first-order valence-electron chi connectivity index (χ1n) is 4.90. The summed E-state index contributed by atoms with van der Waals surface area (Å²) in [6.07, 6.45) is 1.65. The number of anilines is 1. The summed E-state index contributed by atoms with van der Waals surface area (Å²) in [7, 11) is 0. The number of rotatable bonds is 2. The highest BCUT2D eigenvalue weighted by Gasteiger charge is 2.26. The molecular formula is C11H13N3O. The number of nitrogens with zero attached hydrogens (tertiary/aromatic N) is 2. The number of hydrogen-bond acceptors (Lipinski definition) is 3. The van der Waals surface area contributed by atoms with Gasteiger partial charge in [-0.1, -0.05) is 18.2 Å². The first-order chi connectivity index (χ1) is 7.24. The molecule has 1 aliphatic rings. The third kappa shape index (κ3) is 1.64. The van der Waals surface area contributed by atoms with Gasteiger partial charge in [-0.05, 0) is 18.6 Å². The summed E-state index contributed by atoms with van der Waals surface area (Å²) in [5.41, 5.74) is 7.32. The fourth-order valence-corrected chi connectivity index (χ4v) is 1.55. The molecule has 1 aromatic carbocycles. The number of hydrogen-bond donors (Lipinski definition) is 1. The first kappa shape index (κ1) is 9.86. The van der Waals surface area contributed by atoms with Crippen molar-refractivity contribution in [3.05, 3.63) is 29.8 Å². The van der Waals surface area contributed by atoms with Gasteiger partial charge in [0.25, 0.3) is 5.91 Å². The minimum Gasteiger partial charge on any atom is -0.326 e. The maximum Gasteiger partial charge on any atom is 0.255 e. The lowest BCUT2D eigenvalue weighted by Crippen LogP contribution is -2.25. The van der Waals surface area contributed by atoms with Gasteiger partial charge in [0.15, 0.2) is 0 Å². The lowest BCUT2D eigenvalue weighted by atomic mass is 10.1. The number of carbonyl (C=O) groups excluding carboxylic acids is 1. The average molecular weight is 203 g/mol. The molecule has 1 atom stereocenters. The van der Waals surface area contributed by atoms with E-state index in [-0.39, 0.29) is 11.8 Å². The van der Waals surface area contributed by atoms with E-state index >= 15 is 0 Å². The summed E-state index contributed by atoms with van der Waals surface area (Å²) in [6.45, 7) is 2.24. The molecule has 0 spiro atoms. The van der Waals surface area contributed by atoms with Gasteiger partial charge in [-0.2, -0.15) is 5.10 Å². The van der Waals surface area contributed by atoms with E-state index in [4.69, 9.17) is 5.73 Å². The number of para-hydroxylation sites is 1. The van der Waals surface area contributed by atoms with Crippen LogP contribution in [0.4, 0.5) is 5.69 Å². The van der Waals surface area contributed by atoms with E-state index < -0.39 is 0 Å². The van der Waals surface area contributed by atoms with Gasteiger partial charge < -0.3 is 5.73 Å². The maximum atomic E-state index is 11.7. The molecule has 0 saturated carbocycles. The van der Waals surface area contributed by atoms with Crippen molar-refractivity contribution in [2.24, 2.45) is 16.8 Å². The lowest BCUT2D eigenvalue weighted by Gasteiger charge is -2.16. The van der Waals surface area contributed by atoms with Crippen molar-refractivity contribution in [3.8, 4) is 0 Å². The minimum atomic E-state index is -0.143. The largest absolute Gasteiger partial charge is 0.326 e. The highest BCUT2D eigenvalue weighted by Crippen LogP contribution is 2.24. The Bertz CT molecular complexity index is 414. The van der Waals surface area contributed by atoms with Crippen molar-refractivity contribution in [2.45, 2.75) is 13.5 Å². The van der Waals surface area contributed by atoms with Crippen molar-refractivity contribution in [1.29, 1.82) is 0 Å². The van der Waals surface area contributed by atoms with Gasteiger partial charge in [-0.25, -0.2) is 5.01 Å². The Labute approximate surface area is 88.4 Å². The SMILES string of the molecule is CC1C=NN(c2ccccc2CN)C1=O. The van der Waals surface area contributed by atoms with Crippen molar-refractivity contribution in [2.75, 3.05) is 5.01 Å². The van der Waals surface area contributed by atoms with Crippen LogP contribution in [0.15, 0.2) is 29.4 Å².